The zero-order valence-electron chi connectivity index (χ0n) is 77.5. The van der Waals surface area contributed by atoms with Crippen molar-refractivity contribution in [3.05, 3.63) is 354 Å². The molecule has 16 rings (SSSR count). The van der Waals surface area contributed by atoms with E-state index in [-0.39, 0.29) is 49.3 Å². The average Bonchev–Trinajstić information content (AvgIpc) is 1.49. The molecule has 0 aliphatic carbocycles. The number of para-hydroxylation sites is 8. The molecule has 0 aliphatic rings. The van der Waals surface area contributed by atoms with E-state index in [4.69, 9.17) is 48.9 Å². The number of nitrogens with zero attached hydrogens (tertiary/aromatic N) is 8. The number of amides is 4. The monoisotopic (exact) mass is 1880 g/mol. The smallest absolute Gasteiger partial charge is 0.228 e. The first-order valence-corrected chi connectivity index (χ1v) is 48.1. The number of hydrogen-bond acceptors (Lipinski definition) is 24. The molecule has 0 fully saturated rings. The quantitative estimate of drug-likeness (QED) is 0.0169. The zero-order valence-corrected chi connectivity index (χ0v) is 80.8. The van der Waals surface area contributed by atoms with Crippen molar-refractivity contribution in [3.8, 4) is 68.5 Å². The Bertz CT molecular complexity index is 6680. The number of aryl methyl sites for hydroxylation is 4. The highest BCUT2D eigenvalue weighted by Gasteiger charge is 2.22. The van der Waals surface area contributed by atoms with E-state index in [1.165, 1.54) is 0 Å². The number of nitrogens with one attached hydrogen (secondary N) is 8. The first kappa shape index (κ1) is 98.2. The van der Waals surface area contributed by atoms with Gasteiger partial charge in [0.05, 0.1) is 76.9 Å². The Morgan fingerprint density at radius 2 is 0.551 bits per heavy atom. The van der Waals surface area contributed by atoms with Gasteiger partial charge in [-0.15, -0.1) is 13.2 Å². The summed E-state index contributed by atoms with van der Waals surface area (Å²) in [6, 6.07) is 68.9. The number of methoxy groups -OCH3 is 4. The third-order valence-corrected chi connectivity index (χ3v) is 24.4. The molecule has 0 saturated heterocycles. The molecular formula is C108H108N16O8S4. The topological polar surface area (TPSA) is 305 Å². The lowest BCUT2D eigenvalue weighted by atomic mass is 10.1. The predicted octanol–water partition coefficient (Wildman–Crippen LogP) is 24.9. The number of rotatable bonds is 36. The minimum atomic E-state index is -0.106. The molecule has 136 heavy (non-hydrogen) atoms. The number of hydrogen-bond donors (Lipinski definition) is 8. The molecular weight excluding hydrogens is 1780 g/mol. The largest absolute Gasteiger partial charge is 0.495 e. The maximum atomic E-state index is 12.6. The summed E-state index contributed by atoms with van der Waals surface area (Å²) in [5, 5.41) is 41.7. The fraction of sp³-hybridized carbons (Fsp3) is 0.185. The van der Waals surface area contributed by atoms with Gasteiger partial charge in [-0.3, -0.25) is 19.2 Å². The lowest BCUT2D eigenvalue weighted by Crippen LogP contribution is -2.15. The van der Waals surface area contributed by atoms with Crippen LogP contribution in [0.5, 0.6) is 23.0 Å². The lowest BCUT2D eigenvalue weighted by molar-refractivity contribution is -0.116. The van der Waals surface area contributed by atoms with Gasteiger partial charge in [-0.1, -0.05) is 137 Å². The summed E-state index contributed by atoms with van der Waals surface area (Å²) in [7, 11) is 6.34. The molecule has 4 amide bonds. The van der Waals surface area contributed by atoms with Gasteiger partial charge in [-0.05, 0) is 217 Å². The van der Waals surface area contributed by atoms with Crippen LogP contribution in [-0.4, -0.2) is 91.9 Å². The van der Waals surface area contributed by atoms with Crippen LogP contribution in [0.4, 0.5) is 68.8 Å². The number of anilines is 12. The van der Waals surface area contributed by atoms with Crippen LogP contribution >= 0.6 is 45.3 Å². The highest BCUT2D eigenvalue weighted by Crippen LogP contribution is 2.36. The number of aromatic nitrogens is 8. The Labute approximate surface area is 809 Å². The molecule has 0 spiro atoms. The number of benzene rings is 8. The molecule has 0 bridgehead atoms. The van der Waals surface area contributed by atoms with Gasteiger partial charge in [0.15, 0.2) is 23.3 Å². The number of ether oxygens (including phenoxy) is 4. The summed E-state index contributed by atoms with van der Waals surface area (Å²) >= 11 is 6.51. The third-order valence-electron chi connectivity index (χ3n) is 21.7. The van der Waals surface area contributed by atoms with Gasteiger partial charge in [0.1, 0.15) is 46.3 Å². The van der Waals surface area contributed by atoms with Gasteiger partial charge in [0.2, 0.25) is 23.6 Å². The first-order chi connectivity index (χ1) is 66.3. The molecule has 8 aromatic carbocycles. The van der Waals surface area contributed by atoms with Crippen molar-refractivity contribution >= 4 is 138 Å². The fourth-order valence-electron chi connectivity index (χ4n) is 14.8. The number of allylic oxidation sites excluding steroid dienone is 2. The summed E-state index contributed by atoms with van der Waals surface area (Å²) in [5.74, 6) is 8.18. The first-order valence-electron chi connectivity index (χ1n) is 44.4. The zero-order chi connectivity index (χ0) is 95.7. The Morgan fingerprint density at radius 3 is 0.816 bits per heavy atom. The van der Waals surface area contributed by atoms with E-state index in [1.54, 1.807) is 73.8 Å². The second-order valence-corrected chi connectivity index (χ2v) is 34.1. The number of carbonyl (C=O) groups excluding carboxylic acids is 4. The molecule has 24 nitrogen and oxygen atoms in total. The molecule has 8 heterocycles. The van der Waals surface area contributed by atoms with E-state index in [2.05, 4.69) is 109 Å². The average molecular weight is 1890 g/mol. The summed E-state index contributed by atoms with van der Waals surface area (Å²) in [6.45, 7) is 20.2. The minimum absolute atomic E-state index is 0.0951. The Kier molecular flexibility index (Phi) is 35.6. The SMILES string of the molecule is C=CCc1c(C)nc(-c2ccsc2)nc1Nc1ccc(CC(=O)Nc2ccccc2OC)cc1.C=CCc1c(CC)nc(-c2ccsc2)nc1Nc1ccc(CC(=O)Nc2ccccc2OC)cc1.CCc1c(C)nc(-c2ccsc2)nc1Nc1ccc(CC(=O)Nc2ccccc2OC)cc1.CCc1nc(-c2ccsc2)nc(Nc2ccc(CC(=O)Nc3ccccc3OC)cc2)c1CC. The van der Waals surface area contributed by atoms with Crippen molar-refractivity contribution in [1.29, 1.82) is 0 Å². The number of thiophene rings is 4. The van der Waals surface area contributed by atoms with Crippen LogP contribution in [0.1, 0.15) is 95.0 Å². The van der Waals surface area contributed by atoms with Gasteiger partial charge >= 0.3 is 0 Å². The van der Waals surface area contributed by atoms with Gasteiger partial charge in [-0.2, -0.15) is 45.3 Å². The maximum absolute atomic E-state index is 12.6. The van der Waals surface area contributed by atoms with Gasteiger partial charge in [0.25, 0.3) is 0 Å². The van der Waals surface area contributed by atoms with E-state index in [0.717, 1.165) is 173 Å². The van der Waals surface area contributed by atoms with E-state index in [1.807, 2.05) is 271 Å². The van der Waals surface area contributed by atoms with Crippen molar-refractivity contribution in [1.82, 2.24) is 39.9 Å². The minimum Gasteiger partial charge on any atom is -0.495 e. The van der Waals surface area contributed by atoms with Crippen LogP contribution in [0, 0.1) is 13.8 Å². The maximum Gasteiger partial charge on any atom is 0.228 e. The summed E-state index contributed by atoms with van der Waals surface area (Å²) < 4.78 is 21.2. The van der Waals surface area contributed by atoms with Crippen molar-refractivity contribution < 1.29 is 38.1 Å². The third kappa shape index (κ3) is 27.0. The van der Waals surface area contributed by atoms with E-state index >= 15 is 0 Å². The van der Waals surface area contributed by atoms with Crippen LogP contribution in [0.3, 0.4) is 0 Å². The Morgan fingerprint density at radius 1 is 0.301 bits per heavy atom. The van der Waals surface area contributed by atoms with Crippen molar-refractivity contribution in [2.45, 2.75) is 106 Å². The summed E-state index contributed by atoms with van der Waals surface area (Å²) in [5.41, 5.74) is 22.2. The predicted molar refractivity (Wildman–Crippen MR) is 556 cm³/mol. The summed E-state index contributed by atoms with van der Waals surface area (Å²) in [4.78, 5) is 88.3. The normalized spacial score (nSPS) is 10.6. The molecule has 16 aromatic rings. The Balaban J connectivity index is 0.000000153. The molecule has 692 valence electrons. The fourth-order valence-corrected chi connectivity index (χ4v) is 17.3. The standard InChI is InChI=1S/C28H28N4O2S.C27H26N4O2S.C27H28N4O2S.C26H26N4O2S/c1-4-8-22-23(5-2)31-27(20-15-16-35-18-20)32-28(22)29-21-13-11-19(12-14-21)17-26(33)30-24-9-6-7-10-25(24)34-3;1-4-7-22-18(2)28-26(20-14-15-34-17-20)31-27(22)29-21-12-10-19(11-13-21)16-25(32)30-23-8-5-6-9-24(23)33-3;1-4-21-22(5-2)30-26(19-14-15-34-17-19)31-27(21)28-20-12-10-18(11-13-20)16-25(32)29-23-8-6-7-9-24(23)33-3;1-4-21-17(2)27-25(19-13-14-33-16-19)30-26(21)28-20-11-9-18(10-12-20)15-24(31)29-22-7-5-6-8-23(22)32-3/h4,6-7,9-16,18H,1,5,8,17H2,2-3H3,(H,30,33)(H,29,31,32);4-6,8-15,17H,1,7,16H2,2-3H3,(H,30,32)(H,28,29,31);6-15,17H,4-5,16H2,1-3H3,(H,29,32)(H,28,30,31);5-14,16H,4,15H2,1-3H3,(H,29,31)(H,27,28,30). The van der Waals surface area contributed by atoms with Crippen LogP contribution < -0.4 is 61.5 Å². The van der Waals surface area contributed by atoms with Crippen molar-refractivity contribution in [3.63, 3.8) is 0 Å². The highest BCUT2D eigenvalue weighted by atomic mass is 32.1. The van der Waals surface area contributed by atoms with Crippen LogP contribution in [0.25, 0.3) is 45.6 Å². The molecule has 8 aromatic heterocycles. The molecule has 0 aliphatic heterocycles. The molecule has 0 unspecified atom stereocenters. The highest BCUT2D eigenvalue weighted by molar-refractivity contribution is 7.09. The van der Waals surface area contributed by atoms with E-state index in [9.17, 15) is 19.2 Å². The molecule has 0 atom stereocenters. The van der Waals surface area contributed by atoms with Gasteiger partial charge in [-0.25, -0.2) is 39.9 Å². The van der Waals surface area contributed by atoms with Gasteiger partial charge < -0.3 is 61.5 Å². The van der Waals surface area contributed by atoms with Crippen LogP contribution in [0.15, 0.2) is 287 Å². The lowest BCUT2D eigenvalue weighted by Gasteiger charge is -2.15. The van der Waals surface area contributed by atoms with Gasteiger partial charge in [0, 0.05) is 112 Å². The van der Waals surface area contributed by atoms with E-state index in [0.29, 0.717) is 70.2 Å². The second-order valence-electron chi connectivity index (χ2n) is 31.0. The van der Waals surface area contributed by atoms with Crippen LogP contribution in [0.2, 0.25) is 0 Å². The van der Waals surface area contributed by atoms with Crippen molar-refractivity contribution in [2.75, 3.05) is 71.0 Å². The van der Waals surface area contributed by atoms with Crippen LogP contribution in [-0.2, 0) is 83.4 Å². The Hall–Kier alpha value is -15.4. The number of carbonyl (C=O) groups is 4. The van der Waals surface area contributed by atoms with Crippen molar-refractivity contribution in [2.24, 2.45) is 0 Å². The molecule has 28 heteroatoms. The molecule has 0 saturated carbocycles. The van der Waals surface area contributed by atoms with E-state index < -0.39 is 0 Å². The summed E-state index contributed by atoms with van der Waals surface area (Å²) in [6.07, 6.45) is 9.45. The molecule has 0 radical (unpaired) electrons. The second kappa shape index (κ2) is 49.4. The molecule has 8 N–H and O–H groups in total.